The minimum atomic E-state index is -0.00214. The fourth-order valence-corrected chi connectivity index (χ4v) is 2.88. The van der Waals surface area contributed by atoms with Crippen molar-refractivity contribution in [2.24, 2.45) is 0 Å². The topological polar surface area (TPSA) is 62.5 Å². The molecule has 0 bridgehead atoms. The predicted molar refractivity (Wildman–Crippen MR) is 110 cm³/mol. The van der Waals surface area contributed by atoms with Gasteiger partial charge < -0.3 is 14.3 Å². The summed E-state index contributed by atoms with van der Waals surface area (Å²) < 4.78 is 5.36. The lowest BCUT2D eigenvalue weighted by Crippen LogP contribution is -2.29. The zero-order valence-corrected chi connectivity index (χ0v) is 17.0. The van der Waals surface area contributed by atoms with Crippen molar-refractivity contribution in [1.29, 1.82) is 0 Å². The molecule has 7 heteroatoms. The van der Waals surface area contributed by atoms with Gasteiger partial charge in [0.2, 0.25) is 5.82 Å². The lowest BCUT2D eigenvalue weighted by atomic mass is 10.1. The van der Waals surface area contributed by atoms with Gasteiger partial charge in [-0.05, 0) is 75.6 Å². The van der Waals surface area contributed by atoms with Gasteiger partial charge in [-0.2, -0.15) is 4.98 Å². The summed E-state index contributed by atoms with van der Waals surface area (Å²) in [4.78, 5) is 20.8. The Balaban J connectivity index is 1.67. The Labute approximate surface area is 169 Å². The second kappa shape index (κ2) is 8.99. The highest BCUT2D eigenvalue weighted by Gasteiger charge is 2.14. The van der Waals surface area contributed by atoms with E-state index in [9.17, 15) is 4.79 Å². The number of halogens is 1. The lowest BCUT2D eigenvalue weighted by Gasteiger charge is -2.18. The number of carbonyl (C=O) groups excluding carboxylic acids is 1. The molecule has 0 aliphatic rings. The molecule has 0 aliphatic heterocycles. The fraction of sp³-hybridized carbons (Fsp3) is 0.286. The van der Waals surface area contributed by atoms with E-state index in [1.807, 2.05) is 45.4 Å². The van der Waals surface area contributed by atoms with Gasteiger partial charge in [-0.25, -0.2) is 0 Å². The molecule has 1 aromatic heterocycles. The molecule has 0 spiro atoms. The molecule has 0 saturated heterocycles. The lowest BCUT2D eigenvalue weighted by molar-refractivity contribution is 0.0790. The number of amides is 1. The Bertz CT molecular complexity index is 920. The maximum absolute atomic E-state index is 12.5. The summed E-state index contributed by atoms with van der Waals surface area (Å²) in [6.07, 6.45) is 0.933. The van der Waals surface area contributed by atoms with Crippen LogP contribution in [-0.4, -0.2) is 60.1 Å². The van der Waals surface area contributed by atoms with Crippen molar-refractivity contribution in [3.05, 3.63) is 59.1 Å². The largest absolute Gasteiger partial charge is 0.342 e. The maximum atomic E-state index is 12.5. The molecule has 2 aromatic carbocycles. The van der Waals surface area contributed by atoms with E-state index in [4.69, 9.17) is 16.1 Å². The summed E-state index contributed by atoms with van der Waals surface area (Å²) in [6, 6.07) is 14.4. The van der Waals surface area contributed by atoms with Gasteiger partial charge in [0, 0.05) is 35.3 Å². The van der Waals surface area contributed by atoms with Crippen LogP contribution in [0, 0.1) is 0 Å². The molecule has 3 aromatic rings. The van der Waals surface area contributed by atoms with Crippen molar-refractivity contribution < 1.29 is 9.32 Å². The maximum Gasteiger partial charge on any atom is 0.258 e. The van der Waals surface area contributed by atoms with Crippen molar-refractivity contribution >= 4 is 17.5 Å². The highest BCUT2D eigenvalue weighted by molar-refractivity contribution is 6.30. The minimum absolute atomic E-state index is 0.00214. The van der Waals surface area contributed by atoms with Crippen LogP contribution in [0.25, 0.3) is 22.8 Å². The molecule has 3 rings (SSSR count). The third-order valence-electron chi connectivity index (χ3n) is 4.35. The molecule has 0 fully saturated rings. The first kappa shape index (κ1) is 20.0. The summed E-state index contributed by atoms with van der Waals surface area (Å²) in [5.41, 5.74) is 2.22. The number of aromatic nitrogens is 2. The molecule has 0 N–H and O–H groups in total. The fourth-order valence-electron chi connectivity index (χ4n) is 2.76. The third kappa shape index (κ3) is 4.97. The first-order valence-corrected chi connectivity index (χ1v) is 9.42. The minimum Gasteiger partial charge on any atom is -0.342 e. The van der Waals surface area contributed by atoms with Crippen LogP contribution < -0.4 is 0 Å². The van der Waals surface area contributed by atoms with Gasteiger partial charge in [0.05, 0.1) is 0 Å². The van der Waals surface area contributed by atoms with E-state index in [1.54, 1.807) is 29.2 Å². The first-order valence-electron chi connectivity index (χ1n) is 9.04. The van der Waals surface area contributed by atoms with Crippen LogP contribution >= 0.6 is 11.6 Å². The number of hydrogen-bond donors (Lipinski definition) is 0. The molecule has 0 saturated carbocycles. The quantitative estimate of drug-likeness (QED) is 0.600. The van der Waals surface area contributed by atoms with Crippen LogP contribution in [0.3, 0.4) is 0 Å². The van der Waals surface area contributed by atoms with Crippen molar-refractivity contribution in [3.8, 4) is 22.8 Å². The van der Waals surface area contributed by atoms with Crippen molar-refractivity contribution in [2.45, 2.75) is 6.42 Å². The zero-order valence-electron chi connectivity index (χ0n) is 16.2. The van der Waals surface area contributed by atoms with Crippen LogP contribution in [0.15, 0.2) is 53.1 Å². The van der Waals surface area contributed by atoms with E-state index >= 15 is 0 Å². The predicted octanol–water partition coefficient (Wildman–Crippen LogP) is 4.08. The number of benzene rings is 2. The Hall–Kier alpha value is -2.70. The van der Waals surface area contributed by atoms with Crippen LogP contribution in [0.2, 0.25) is 5.02 Å². The molecule has 0 unspecified atom stereocenters. The SMILES string of the molecule is CN(C)CCCN(C)C(=O)c1ccc(-c2nc(-c3ccc(Cl)cc3)no2)cc1. The molecular weight excluding hydrogens is 376 g/mol. The molecule has 1 amide bonds. The van der Waals surface area contributed by atoms with Crippen molar-refractivity contribution in [3.63, 3.8) is 0 Å². The molecule has 0 radical (unpaired) electrons. The standard InChI is InChI=1S/C21H23ClN4O2/c1-25(2)13-4-14-26(3)21(27)17-7-5-16(6-8-17)20-23-19(24-28-20)15-9-11-18(22)12-10-15/h5-12H,4,13-14H2,1-3H3. The molecule has 6 nitrogen and oxygen atoms in total. The van der Waals surface area contributed by atoms with Gasteiger partial charge in [-0.15, -0.1) is 0 Å². The average molecular weight is 399 g/mol. The summed E-state index contributed by atoms with van der Waals surface area (Å²) in [5, 5.41) is 4.67. The average Bonchev–Trinajstić information content (AvgIpc) is 3.18. The Morgan fingerprint density at radius 1 is 0.964 bits per heavy atom. The number of rotatable bonds is 7. The van der Waals surface area contributed by atoms with E-state index in [1.165, 1.54) is 0 Å². The van der Waals surface area contributed by atoms with Crippen molar-refractivity contribution in [1.82, 2.24) is 19.9 Å². The van der Waals surface area contributed by atoms with E-state index < -0.39 is 0 Å². The summed E-state index contributed by atoms with van der Waals surface area (Å²) in [6.45, 7) is 1.66. The van der Waals surface area contributed by atoms with Crippen molar-refractivity contribution in [2.75, 3.05) is 34.2 Å². The van der Waals surface area contributed by atoms with Crippen LogP contribution in [0.5, 0.6) is 0 Å². The van der Waals surface area contributed by atoms with Crippen LogP contribution in [0.1, 0.15) is 16.8 Å². The van der Waals surface area contributed by atoms with E-state index in [0.717, 1.165) is 24.1 Å². The highest BCUT2D eigenvalue weighted by Crippen LogP contribution is 2.23. The Kier molecular flexibility index (Phi) is 6.44. The summed E-state index contributed by atoms with van der Waals surface area (Å²) in [5.74, 6) is 0.897. The third-order valence-corrected chi connectivity index (χ3v) is 4.60. The molecule has 146 valence electrons. The highest BCUT2D eigenvalue weighted by atomic mass is 35.5. The second-order valence-electron chi connectivity index (χ2n) is 6.89. The zero-order chi connectivity index (χ0) is 20.1. The van der Waals surface area contributed by atoms with Gasteiger partial charge in [-0.1, -0.05) is 16.8 Å². The molecule has 0 aliphatic carbocycles. The van der Waals surface area contributed by atoms with E-state index in [0.29, 0.717) is 28.8 Å². The number of carbonyl (C=O) groups is 1. The van der Waals surface area contributed by atoms with Crippen LogP contribution in [0.4, 0.5) is 0 Å². The molecule has 0 atom stereocenters. The molecular formula is C21H23ClN4O2. The second-order valence-corrected chi connectivity index (χ2v) is 7.33. The monoisotopic (exact) mass is 398 g/mol. The summed E-state index contributed by atoms with van der Waals surface area (Å²) >= 11 is 5.91. The molecule has 28 heavy (non-hydrogen) atoms. The normalized spacial score (nSPS) is 11.0. The van der Waals surface area contributed by atoms with E-state index in [-0.39, 0.29) is 5.91 Å². The number of hydrogen-bond acceptors (Lipinski definition) is 5. The summed E-state index contributed by atoms with van der Waals surface area (Å²) in [7, 11) is 5.87. The van der Waals surface area contributed by atoms with Crippen LogP contribution in [-0.2, 0) is 0 Å². The molecule has 1 heterocycles. The van der Waals surface area contributed by atoms with Gasteiger partial charge >= 0.3 is 0 Å². The van der Waals surface area contributed by atoms with Gasteiger partial charge in [0.1, 0.15) is 0 Å². The van der Waals surface area contributed by atoms with Gasteiger partial charge in [-0.3, -0.25) is 4.79 Å². The first-order chi connectivity index (χ1) is 13.4. The Morgan fingerprint density at radius 2 is 1.61 bits per heavy atom. The van der Waals surface area contributed by atoms with Gasteiger partial charge in [0.25, 0.3) is 11.8 Å². The van der Waals surface area contributed by atoms with E-state index in [2.05, 4.69) is 15.0 Å². The smallest absolute Gasteiger partial charge is 0.258 e. The Morgan fingerprint density at radius 3 is 2.25 bits per heavy atom. The number of nitrogens with zero attached hydrogens (tertiary/aromatic N) is 4. The van der Waals surface area contributed by atoms with Gasteiger partial charge in [0.15, 0.2) is 0 Å².